The van der Waals surface area contributed by atoms with E-state index >= 15 is 0 Å². The molecule has 0 unspecified atom stereocenters. The van der Waals surface area contributed by atoms with E-state index in [1.165, 1.54) is 37.8 Å². The minimum atomic E-state index is -0.308. The van der Waals surface area contributed by atoms with E-state index in [1.54, 1.807) is 6.08 Å². The van der Waals surface area contributed by atoms with Gasteiger partial charge in [0.1, 0.15) is 6.10 Å². The molecule has 5 nitrogen and oxygen atoms in total. The number of fused-ring (bicyclic) bond motifs is 5. The lowest BCUT2D eigenvalue weighted by Crippen LogP contribution is -2.50. The van der Waals surface area contributed by atoms with Crippen LogP contribution < -0.4 is 0 Å². The fourth-order valence-electron chi connectivity index (χ4n) is 8.27. The largest absolute Gasteiger partial charge is 0.498 e. The summed E-state index contributed by atoms with van der Waals surface area (Å²) in [6.45, 7) is 11.4. The molecule has 4 aliphatic rings. The van der Waals surface area contributed by atoms with Crippen LogP contribution in [0.3, 0.4) is 0 Å². The zero-order chi connectivity index (χ0) is 25.2. The first-order valence-corrected chi connectivity index (χ1v) is 13.8. The zero-order valence-corrected chi connectivity index (χ0v) is 22.3. The van der Waals surface area contributed by atoms with Gasteiger partial charge < -0.3 is 14.2 Å². The topological polar surface area (TPSA) is 61.8 Å². The van der Waals surface area contributed by atoms with E-state index in [2.05, 4.69) is 19.9 Å². The Kier molecular flexibility index (Phi) is 7.83. The smallest absolute Gasteiger partial charge is 0.330 e. The number of carbonyl (C=O) groups is 2. The van der Waals surface area contributed by atoms with E-state index in [1.807, 2.05) is 19.9 Å². The Morgan fingerprint density at radius 3 is 2.51 bits per heavy atom. The van der Waals surface area contributed by atoms with Crippen LogP contribution in [0.4, 0.5) is 0 Å². The molecule has 0 spiro atoms. The molecule has 3 saturated carbocycles. The average Bonchev–Trinajstić information content (AvgIpc) is 3.16. The SMILES string of the molecule is CCOC(=O)/C=C\C=C(/OCC)[C@H]1CC[C@H]2[C@@H]3CC=C4C[C@@H](OC(C)=O)CC[C@]4(C)[C@H]3CC[C@]12C. The maximum absolute atomic E-state index is 11.8. The molecule has 0 bridgehead atoms. The van der Waals surface area contributed by atoms with Crippen molar-refractivity contribution in [2.75, 3.05) is 13.2 Å². The molecule has 0 aliphatic heterocycles. The third kappa shape index (κ3) is 4.97. The highest BCUT2D eigenvalue weighted by atomic mass is 16.5. The van der Waals surface area contributed by atoms with E-state index in [9.17, 15) is 9.59 Å². The van der Waals surface area contributed by atoms with E-state index < -0.39 is 0 Å². The molecule has 0 saturated heterocycles. The molecular formula is C30H44O5. The van der Waals surface area contributed by atoms with Gasteiger partial charge in [0, 0.05) is 25.3 Å². The van der Waals surface area contributed by atoms with Crippen molar-refractivity contribution in [3.63, 3.8) is 0 Å². The summed E-state index contributed by atoms with van der Waals surface area (Å²) in [5.74, 6) is 3.04. The Hall–Kier alpha value is -2.04. The van der Waals surface area contributed by atoms with Gasteiger partial charge >= 0.3 is 11.9 Å². The van der Waals surface area contributed by atoms with E-state index in [0.29, 0.717) is 36.9 Å². The standard InChI is InChI=1S/C30H44O5/c1-6-33-27(9-8-10-28(32)34-7-2)26-14-13-24-23-12-11-21-19-22(35-20(3)31)15-17-29(21,4)25(23)16-18-30(24,26)5/h8-11,22-26H,6-7,12-19H2,1-5H3/b10-8-,27-9-/t22-,23-,24-,25-,26+,29-,30-/m0/s1. The van der Waals surface area contributed by atoms with Gasteiger partial charge in [-0.05, 0) is 93.5 Å². The molecule has 7 atom stereocenters. The molecule has 4 aliphatic carbocycles. The first kappa shape index (κ1) is 26.0. The van der Waals surface area contributed by atoms with E-state index in [0.717, 1.165) is 37.9 Å². The first-order chi connectivity index (χ1) is 16.7. The molecule has 0 heterocycles. The van der Waals surface area contributed by atoms with E-state index in [4.69, 9.17) is 14.2 Å². The highest BCUT2D eigenvalue weighted by Gasteiger charge is 2.59. The molecule has 0 aromatic heterocycles. The predicted octanol–water partition coefficient (Wildman–Crippen LogP) is 6.54. The number of rotatable bonds is 7. The van der Waals surface area contributed by atoms with Crippen LogP contribution in [0.25, 0.3) is 0 Å². The normalized spacial score (nSPS) is 38.7. The minimum Gasteiger partial charge on any atom is -0.498 e. The summed E-state index contributed by atoms with van der Waals surface area (Å²) >= 11 is 0. The molecular weight excluding hydrogens is 440 g/mol. The van der Waals surface area contributed by atoms with Gasteiger partial charge in [-0.15, -0.1) is 0 Å². The predicted molar refractivity (Wildman–Crippen MR) is 136 cm³/mol. The van der Waals surface area contributed by atoms with E-state index in [-0.39, 0.29) is 28.9 Å². The minimum absolute atomic E-state index is 0.0506. The highest BCUT2D eigenvalue weighted by Crippen LogP contribution is 2.67. The molecule has 194 valence electrons. The van der Waals surface area contributed by atoms with Crippen molar-refractivity contribution >= 4 is 11.9 Å². The molecule has 4 rings (SSSR count). The Balaban J connectivity index is 1.53. The van der Waals surface area contributed by atoms with Crippen LogP contribution in [0.15, 0.2) is 35.6 Å². The molecule has 35 heavy (non-hydrogen) atoms. The number of esters is 2. The van der Waals surface area contributed by atoms with Gasteiger partial charge in [0.15, 0.2) is 0 Å². The summed E-state index contributed by atoms with van der Waals surface area (Å²) in [6, 6.07) is 0. The van der Waals surface area contributed by atoms with Crippen molar-refractivity contribution in [2.24, 2.45) is 34.5 Å². The molecule has 3 fully saturated rings. The molecule has 5 heteroatoms. The second-order valence-corrected chi connectivity index (χ2v) is 11.5. The number of ether oxygens (including phenoxy) is 3. The number of hydrogen-bond acceptors (Lipinski definition) is 5. The summed E-state index contributed by atoms with van der Waals surface area (Å²) in [5, 5.41) is 0. The summed E-state index contributed by atoms with van der Waals surface area (Å²) in [5.41, 5.74) is 1.99. The summed E-state index contributed by atoms with van der Waals surface area (Å²) < 4.78 is 16.8. The van der Waals surface area contributed by atoms with Crippen molar-refractivity contribution in [3.05, 3.63) is 35.6 Å². The monoisotopic (exact) mass is 484 g/mol. The Labute approximate surface area is 211 Å². The lowest BCUT2D eigenvalue weighted by molar-refractivity contribution is -0.148. The Morgan fingerprint density at radius 1 is 1.03 bits per heavy atom. The van der Waals surface area contributed by atoms with Crippen molar-refractivity contribution < 1.29 is 23.8 Å². The van der Waals surface area contributed by atoms with Crippen molar-refractivity contribution in [1.29, 1.82) is 0 Å². The Morgan fingerprint density at radius 2 is 1.80 bits per heavy atom. The molecule has 0 amide bonds. The van der Waals surface area contributed by atoms with Gasteiger partial charge in [-0.3, -0.25) is 4.79 Å². The Bertz CT molecular complexity index is 900. The van der Waals surface area contributed by atoms with Gasteiger partial charge in [-0.25, -0.2) is 4.79 Å². The third-order valence-electron chi connectivity index (χ3n) is 9.83. The lowest BCUT2D eigenvalue weighted by Gasteiger charge is -2.58. The number of hydrogen-bond donors (Lipinski definition) is 0. The van der Waals surface area contributed by atoms with Gasteiger partial charge in [0.05, 0.1) is 19.0 Å². The van der Waals surface area contributed by atoms with Crippen LogP contribution in [0.5, 0.6) is 0 Å². The quantitative estimate of drug-likeness (QED) is 0.135. The van der Waals surface area contributed by atoms with Crippen molar-refractivity contribution in [1.82, 2.24) is 0 Å². The van der Waals surface area contributed by atoms with Crippen LogP contribution >= 0.6 is 0 Å². The fourth-order valence-corrected chi connectivity index (χ4v) is 8.27. The second-order valence-electron chi connectivity index (χ2n) is 11.5. The maximum Gasteiger partial charge on any atom is 0.330 e. The van der Waals surface area contributed by atoms with Crippen LogP contribution in [-0.4, -0.2) is 31.3 Å². The first-order valence-electron chi connectivity index (χ1n) is 13.8. The van der Waals surface area contributed by atoms with Crippen LogP contribution in [0, 0.1) is 34.5 Å². The van der Waals surface area contributed by atoms with Crippen LogP contribution in [0.2, 0.25) is 0 Å². The number of allylic oxidation sites excluding steroid dienone is 4. The molecule has 0 aromatic rings. The second kappa shape index (κ2) is 10.5. The highest BCUT2D eigenvalue weighted by molar-refractivity contribution is 5.82. The zero-order valence-electron chi connectivity index (χ0n) is 22.3. The molecule has 0 radical (unpaired) electrons. The van der Waals surface area contributed by atoms with Gasteiger partial charge in [-0.2, -0.15) is 0 Å². The summed E-state index contributed by atoms with van der Waals surface area (Å²) in [6.07, 6.45) is 16.9. The van der Waals surface area contributed by atoms with Gasteiger partial charge in [0.2, 0.25) is 0 Å². The summed E-state index contributed by atoms with van der Waals surface area (Å²) in [4.78, 5) is 23.3. The molecule has 0 aromatic carbocycles. The third-order valence-corrected chi connectivity index (χ3v) is 9.83. The number of carbonyl (C=O) groups excluding carboxylic acids is 2. The van der Waals surface area contributed by atoms with Gasteiger partial charge in [-0.1, -0.05) is 31.6 Å². The van der Waals surface area contributed by atoms with Crippen LogP contribution in [0.1, 0.15) is 86.0 Å². The maximum atomic E-state index is 11.8. The lowest BCUT2D eigenvalue weighted by atomic mass is 9.47. The average molecular weight is 485 g/mol. The van der Waals surface area contributed by atoms with Crippen molar-refractivity contribution in [3.8, 4) is 0 Å². The molecule has 0 N–H and O–H groups in total. The summed E-state index contributed by atoms with van der Waals surface area (Å²) in [7, 11) is 0. The fraction of sp³-hybridized carbons (Fsp3) is 0.733. The van der Waals surface area contributed by atoms with Crippen molar-refractivity contribution in [2.45, 2.75) is 92.1 Å². The van der Waals surface area contributed by atoms with Gasteiger partial charge in [0.25, 0.3) is 0 Å². The van der Waals surface area contributed by atoms with Crippen LogP contribution in [-0.2, 0) is 23.8 Å².